The number of carbonyl (C=O) groups is 1. The number of carbonyl (C=O) groups excluding carboxylic acids is 1. The van der Waals surface area contributed by atoms with Gasteiger partial charge in [0.15, 0.2) is 0 Å². The number of hydrogen-bond acceptors (Lipinski definition) is 3. The highest BCUT2D eigenvalue weighted by Crippen LogP contribution is 1.98. The number of benzene rings is 1. The first-order chi connectivity index (χ1) is 6.74. The first-order valence-electron chi connectivity index (χ1n) is 4.59. The Morgan fingerprint density at radius 1 is 1.40 bits per heavy atom. The molecule has 1 rings (SSSR count). The lowest BCUT2D eigenvalue weighted by Gasteiger charge is -2.10. The Bertz CT molecular complexity index is 290. The van der Waals surface area contributed by atoms with Crippen molar-refractivity contribution in [2.75, 3.05) is 7.11 Å². The van der Waals surface area contributed by atoms with E-state index in [9.17, 15) is 4.79 Å². The molecule has 0 bridgehead atoms. The molecule has 15 heavy (non-hydrogen) atoms. The van der Waals surface area contributed by atoms with Crippen LogP contribution in [0.1, 0.15) is 12.5 Å². The zero-order valence-corrected chi connectivity index (χ0v) is 9.71. The summed E-state index contributed by atoms with van der Waals surface area (Å²) >= 11 is 0. The fraction of sp³-hybridized carbons (Fsp3) is 0.364. The Balaban J connectivity index is 0.00000196. The van der Waals surface area contributed by atoms with Crippen LogP contribution in [0.2, 0.25) is 0 Å². The quantitative estimate of drug-likeness (QED) is 0.800. The molecule has 0 fully saturated rings. The summed E-state index contributed by atoms with van der Waals surface area (Å²) in [5.41, 5.74) is 1.16. The minimum absolute atomic E-state index is 0. The summed E-state index contributed by atoms with van der Waals surface area (Å²) in [5.74, 6) is -0.235. The first kappa shape index (κ1) is 13.9. The van der Waals surface area contributed by atoms with E-state index in [0.29, 0.717) is 6.54 Å². The molecule has 0 unspecified atom stereocenters. The van der Waals surface area contributed by atoms with Gasteiger partial charge in [-0.25, -0.2) is 0 Å². The van der Waals surface area contributed by atoms with Gasteiger partial charge in [0.25, 0.3) is 0 Å². The van der Waals surface area contributed by atoms with Gasteiger partial charge in [0, 0.05) is 6.54 Å². The van der Waals surface area contributed by atoms with Gasteiger partial charge in [0.2, 0.25) is 0 Å². The Hall–Kier alpha value is -1.06. The third-order valence-corrected chi connectivity index (χ3v) is 2.01. The average molecular weight is 230 g/mol. The van der Waals surface area contributed by atoms with E-state index < -0.39 is 0 Å². The van der Waals surface area contributed by atoms with Crippen LogP contribution in [-0.2, 0) is 16.1 Å². The van der Waals surface area contributed by atoms with Gasteiger partial charge in [-0.05, 0) is 12.5 Å². The van der Waals surface area contributed by atoms with Gasteiger partial charge in [-0.3, -0.25) is 4.79 Å². The van der Waals surface area contributed by atoms with Gasteiger partial charge in [0.1, 0.15) is 6.04 Å². The van der Waals surface area contributed by atoms with Gasteiger partial charge >= 0.3 is 5.97 Å². The minimum atomic E-state index is -0.264. The van der Waals surface area contributed by atoms with Crippen molar-refractivity contribution in [3.8, 4) is 0 Å². The van der Waals surface area contributed by atoms with Crippen LogP contribution >= 0.6 is 12.4 Å². The van der Waals surface area contributed by atoms with Crippen LogP contribution in [0.4, 0.5) is 0 Å². The number of ether oxygens (including phenoxy) is 1. The van der Waals surface area contributed by atoms with Crippen LogP contribution in [0.3, 0.4) is 0 Å². The van der Waals surface area contributed by atoms with Crippen LogP contribution < -0.4 is 5.32 Å². The number of halogens is 1. The molecule has 3 nitrogen and oxygen atoms in total. The smallest absolute Gasteiger partial charge is 0.322 e. The maximum atomic E-state index is 11.0. The third-order valence-electron chi connectivity index (χ3n) is 2.01. The normalized spacial score (nSPS) is 11.3. The molecule has 1 aromatic carbocycles. The molecule has 0 aromatic heterocycles. The molecule has 0 aliphatic heterocycles. The Kier molecular flexibility index (Phi) is 6.75. The summed E-state index contributed by atoms with van der Waals surface area (Å²) < 4.78 is 4.60. The van der Waals surface area contributed by atoms with E-state index in [2.05, 4.69) is 10.1 Å². The molecular formula is C11H16ClNO2. The number of methoxy groups -OCH3 is 1. The molecule has 0 aliphatic rings. The lowest BCUT2D eigenvalue weighted by Crippen LogP contribution is -2.34. The maximum Gasteiger partial charge on any atom is 0.322 e. The van der Waals surface area contributed by atoms with Crippen molar-refractivity contribution in [3.63, 3.8) is 0 Å². The molecule has 0 aliphatic carbocycles. The summed E-state index contributed by atoms with van der Waals surface area (Å²) in [6, 6.07) is 9.67. The fourth-order valence-electron chi connectivity index (χ4n) is 1.13. The van der Waals surface area contributed by atoms with Crippen molar-refractivity contribution in [3.05, 3.63) is 35.9 Å². The molecule has 4 heteroatoms. The standard InChI is InChI=1S/C11H15NO2.ClH/c1-9(11(13)14-2)12-8-10-6-4-3-5-7-10;/h3-7,9,12H,8H2,1-2H3;1H/t9-;/m0./s1. The molecule has 1 atom stereocenters. The first-order valence-corrected chi connectivity index (χ1v) is 4.59. The second kappa shape index (κ2) is 7.26. The van der Waals surface area contributed by atoms with Crippen molar-refractivity contribution in [1.82, 2.24) is 5.32 Å². The predicted octanol–water partition coefficient (Wildman–Crippen LogP) is 1.76. The van der Waals surface area contributed by atoms with Gasteiger partial charge in [-0.15, -0.1) is 12.4 Å². The second-order valence-corrected chi connectivity index (χ2v) is 3.11. The highest BCUT2D eigenvalue weighted by atomic mass is 35.5. The monoisotopic (exact) mass is 229 g/mol. The third kappa shape index (κ3) is 4.81. The lowest BCUT2D eigenvalue weighted by atomic mass is 10.2. The Morgan fingerprint density at radius 2 is 2.00 bits per heavy atom. The molecule has 1 N–H and O–H groups in total. The molecule has 84 valence electrons. The summed E-state index contributed by atoms with van der Waals surface area (Å²) in [6.45, 7) is 2.46. The van der Waals surface area contributed by atoms with Crippen LogP contribution in [0, 0.1) is 0 Å². The number of hydrogen-bond donors (Lipinski definition) is 1. The lowest BCUT2D eigenvalue weighted by molar-refractivity contribution is -0.142. The van der Waals surface area contributed by atoms with Crippen LogP contribution in [0.25, 0.3) is 0 Å². The second-order valence-electron chi connectivity index (χ2n) is 3.11. The van der Waals surface area contributed by atoms with Crippen molar-refractivity contribution >= 4 is 18.4 Å². The molecule has 0 heterocycles. The summed E-state index contributed by atoms with van der Waals surface area (Å²) in [4.78, 5) is 11.0. The fourth-order valence-corrected chi connectivity index (χ4v) is 1.13. The number of nitrogens with one attached hydrogen (secondary N) is 1. The molecule has 0 saturated carbocycles. The summed E-state index contributed by atoms with van der Waals surface area (Å²) in [6.07, 6.45) is 0. The number of rotatable bonds is 4. The topological polar surface area (TPSA) is 38.3 Å². The maximum absolute atomic E-state index is 11.0. The predicted molar refractivity (Wildman–Crippen MR) is 62.0 cm³/mol. The summed E-state index contributed by atoms with van der Waals surface area (Å²) in [7, 11) is 1.39. The zero-order chi connectivity index (χ0) is 10.4. The van der Waals surface area contributed by atoms with Gasteiger partial charge in [-0.2, -0.15) is 0 Å². The largest absolute Gasteiger partial charge is 0.468 e. The van der Waals surface area contributed by atoms with Crippen LogP contribution in [-0.4, -0.2) is 19.1 Å². The molecule has 1 aromatic rings. The average Bonchev–Trinajstić information content (AvgIpc) is 2.26. The van der Waals surface area contributed by atoms with Gasteiger partial charge < -0.3 is 10.1 Å². The highest BCUT2D eigenvalue weighted by molar-refractivity contribution is 5.85. The van der Waals surface area contributed by atoms with Crippen molar-refractivity contribution < 1.29 is 9.53 Å². The molecule has 0 spiro atoms. The molecule has 0 saturated heterocycles. The van der Waals surface area contributed by atoms with E-state index in [4.69, 9.17) is 0 Å². The molecule has 0 amide bonds. The zero-order valence-electron chi connectivity index (χ0n) is 8.90. The van der Waals surface area contributed by atoms with Crippen molar-refractivity contribution in [2.45, 2.75) is 19.5 Å². The highest BCUT2D eigenvalue weighted by Gasteiger charge is 2.11. The van der Waals surface area contributed by atoms with E-state index in [1.54, 1.807) is 6.92 Å². The van der Waals surface area contributed by atoms with E-state index in [1.165, 1.54) is 7.11 Å². The number of esters is 1. The van der Waals surface area contributed by atoms with E-state index in [1.807, 2.05) is 30.3 Å². The Morgan fingerprint density at radius 3 is 2.53 bits per heavy atom. The van der Waals surface area contributed by atoms with Crippen molar-refractivity contribution in [2.24, 2.45) is 0 Å². The van der Waals surface area contributed by atoms with Crippen LogP contribution in [0.15, 0.2) is 30.3 Å². The Labute approximate surface area is 96.2 Å². The van der Waals surface area contributed by atoms with Crippen molar-refractivity contribution in [1.29, 1.82) is 0 Å². The summed E-state index contributed by atoms with van der Waals surface area (Å²) in [5, 5.41) is 3.08. The minimum Gasteiger partial charge on any atom is -0.468 e. The van der Waals surface area contributed by atoms with E-state index in [0.717, 1.165) is 5.56 Å². The van der Waals surface area contributed by atoms with Gasteiger partial charge in [-0.1, -0.05) is 30.3 Å². The molecule has 0 radical (unpaired) electrons. The van der Waals surface area contributed by atoms with E-state index >= 15 is 0 Å². The SMILES string of the molecule is COC(=O)[C@H](C)NCc1ccccc1.Cl. The van der Waals surface area contributed by atoms with Crippen LogP contribution in [0.5, 0.6) is 0 Å². The van der Waals surface area contributed by atoms with Gasteiger partial charge in [0.05, 0.1) is 7.11 Å². The van der Waals surface area contributed by atoms with E-state index in [-0.39, 0.29) is 24.4 Å². The molecular weight excluding hydrogens is 214 g/mol.